The van der Waals surface area contributed by atoms with Crippen molar-refractivity contribution in [3.63, 3.8) is 0 Å². The molecule has 5 nitrogen and oxygen atoms in total. The van der Waals surface area contributed by atoms with Crippen molar-refractivity contribution in [2.75, 3.05) is 25.6 Å². The zero-order chi connectivity index (χ0) is 13.4. The van der Waals surface area contributed by atoms with Crippen LogP contribution in [0.2, 0.25) is 0 Å². The SMILES string of the molecule is [B]c1ncc(OCCOC)c(NC(C)CCC)n1. The molecular weight excluding hydrogens is 229 g/mol. The lowest BCUT2D eigenvalue weighted by atomic mass is 10.1. The van der Waals surface area contributed by atoms with Crippen LogP contribution in [0, 0.1) is 0 Å². The molecule has 1 unspecified atom stereocenters. The van der Waals surface area contributed by atoms with E-state index in [4.69, 9.17) is 17.3 Å². The molecule has 0 spiro atoms. The third-order valence-corrected chi connectivity index (χ3v) is 2.42. The largest absolute Gasteiger partial charge is 0.486 e. The first-order chi connectivity index (χ1) is 8.67. The molecule has 1 heterocycles. The van der Waals surface area contributed by atoms with Gasteiger partial charge in [0.2, 0.25) is 0 Å². The third kappa shape index (κ3) is 4.92. The zero-order valence-corrected chi connectivity index (χ0v) is 11.3. The Morgan fingerprint density at radius 3 is 2.89 bits per heavy atom. The fraction of sp³-hybridized carbons (Fsp3) is 0.667. The highest BCUT2D eigenvalue weighted by molar-refractivity contribution is 6.29. The molecule has 18 heavy (non-hydrogen) atoms. The van der Waals surface area contributed by atoms with E-state index in [1.807, 2.05) is 0 Å². The van der Waals surface area contributed by atoms with Crippen molar-refractivity contribution in [1.82, 2.24) is 9.97 Å². The minimum Gasteiger partial charge on any atom is -0.486 e. The molecule has 0 aliphatic carbocycles. The van der Waals surface area contributed by atoms with Crippen LogP contribution in [0.1, 0.15) is 26.7 Å². The summed E-state index contributed by atoms with van der Waals surface area (Å²) >= 11 is 0. The van der Waals surface area contributed by atoms with E-state index >= 15 is 0 Å². The van der Waals surface area contributed by atoms with Crippen LogP contribution in [0.3, 0.4) is 0 Å². The zero-order valence-electron chi connectivity index (χ0n) is 11.3. The summed E-state index contributed by atoms with van der Waals surface area (Å²) in [6, 6.07) is 0.314. The number of nitrogens with zero attached hydrogens (tertiary/aromatic N) is 2. The van der Waals surface area contributed by atoms with Gasteiger partial charge in [0.05, 0.1) is 18.5 Å². The molecule has 2 radical (unpaired) electrons. The molecular formula is C12H20BN3O2. The predicted molar refractivity (Wildman–Crippen MR) is 72.8 cm³/mol. The maximum absolute atomic E-state index is 5.59. The fourth-order valence-corrected chi connectivity index (χ4v) is 1.57. The van der Waals surface area contributed by atoms with E-state index in [0.717, 1.165) is 12.8 Å². The average Bonchev–Trinajstić information content (AvgIpc) is 2.32. The summed E-state index contributed by atoms with van der Waals surface area (Å²) in [6.07, 6.45) is 3.75. The van der Waals surface area contributed by atoms with Crippen LogP contribution in [-0.2, 0) is 4.74 Å². The molecule has 0 aliphatic heterocycles. The van der Waals surface area contributed by atoms with Crippen LogP contribution in [0.15, 0.2) is 6.20 Å². The fourth-order valence-electron chi connectivity index (χ4n) is 1.57. The van der Waals surface area contributed by atoms with Gasteiger partial charge < -0.3 is 14.8 Å². The molecule has 6 heteroatoms. The number of aromatic nitrogens is 2. The number of methoxy groups -OCH3 is 1. The average molecular weight is 249 g/mol. The summed E-state index contributed by atoms with van der Waals surface area (Å²) in [6.45, 7) is 5.22. The lowest BCUT2D eigenvalue weighted by Gasteiger charge is -2.17. The molecule has 1 atom stereocenters. The maximum Gasteiger partial charge on any atom is 0.179 e. The summed E-state index contributed by atoms with van der Waals surface area (Å²) in [5, 5.41) is 3.28. The van der Waals surface area contributed by atoms with Crippen LogP contribution in [0.5, 0.6) is 5.75 Å². The number of anilines is 1. The van der Waals surface area contributed by atoms with Crippen molar-refractivity contribution in [2.24, 2.45) is 0 Å². The number of hydrogen-bond donors (Lipinski definition) is 1. The Kier molecular flexibility index (Phi) is 6.50. The first kappa shape index (κ1) is 14.8. The smallest absolute Gasteiger partial charge is 0.179 e. The first-order valence-corrected chi connectivity index (χ1v) is 6.18. The van der Waals surface area contributed by atoms with E-state index in [1.165, 1.54) is 0 Å². The van der Waals surface area contributed by atoms with Crippen molar-refractivity contribution in [3.8, 4) is 5.75 Å². The van der Waals surface area contributed by atoms with Crippen molar-refractivity contribution < 1.29 is 9.47 Å². The van der Waals surface area contributed by atoms with E-state index < -0.39 is 0 Å². The van der Waals surface area contributed by atoms with Crippen molar-refractivity contribution in [3.05, 3.63) is 6.20 Å². The van der Waals surface area contributed by atoms with Gasteiger partial charge in [-0.3, -0.25) is 0 Å². The Morgan fingerprint density at radius 2 is 2.22 bits per heavy atom. The van der Waals surface area contributed by atoms with E-state index in [1.54, 1.807) is 13.3 Å². The number of hydrogen-bond acceptors (Lipinski definition) is 5. The first-order valence-electron chi connectivity index (χ1n) is 6.18. The van der Waals surface area contributed by atoms with E-state index in [9.17, 15) is 0 Å². The van der Waals surface area contributed by atoms with Crippen LogP contribution in [0.25, 0.3) is 0 Å². The summed E-state index contributed by atoms with van der Waals surface area (Å²) < 4.78 is 10.5. The van der Waals surface area contributed by atoms with Gasteiger partial charge in [0.15, 0.2) is 19.4 Å². The Balaban J connectivity index is 2.69. The van der Waals surface area contributed by atoms with Crippen LogP contribution < -0.4 is 15.8 Å². The van der Waals surface area contributed by atoms with Gasteiger partial charge in [-0.1, -0.05) is 13.3 Å². The van der Waals surface area contributed by atoms with Gasteiger partial charge in [-0.15, -0.1) is 0 Å². The van der Waals surface area contributed by atoms with Crippen molar-refractivity contribution >= 4 is 19.4 Å². The van der Waals surface area contributed by atoms with Gasteiger partial charge in [0.25, 0.3) is 0 Å². The second-order valence-electron chi connectivity index (χ2n) is 4.12. The molecule has 0 bridgehead atoms. The lowest BCUT2D eigenvalue weighted by Crippen LogP contribution is -2.22. The summed E-state index contributed by atoms with van der Waals surface area (Å²) in [7, 11) is 7.22. The van der Waals surface area contributed by atoms with E-state index in [0.29, 0.717) is 30.8 Å². The maximum atomic E-state index is 5.59. The minimum absolute atomic E-state index is 0.236. The minimum atomic E-state index is 0.236. The van der Waals surface area contributed by atoms with Gasteiger partial charge in [0.1, 0.15) is 6.61 Å². The second kappa shape index (κ2) is 7.92. The molecule has 0 fully saturated rings. The van der Waals surface area contributed by atoms with Gasteiger partial charge in [-0.05, 0) is 13.3 Å². The molecule has 0 aliphatic rings. The van der Waals surface area contributed by atoms with Gasteiger partial charge in [-0.2, -0.15) is 0 Å². The third-order valence-electron chi connectivity index (χ3n) is 2.42. The topological polar surface area (TPSA) is 56.3 Å². The quantitative estimate of drug-likeness (QED) is 0.548. The summed E-state index contributed by atoms with van der Waals surface area (Å²) in [5.41, 5.74) is 0.236. The van der Waals surface area contributed by atoms with Crippen molar-refractivity contribution in [1.29, 1.82) is 0 Å². The molecule has 98 valence electrons. The van der Waals surface area contributed by atoms with Crippen molar-refractivity contribution in [2.45, 2.75) is 32.7 Å². The van der Waals surface area contributed by atoms with Gasteiger partial charge >= 0.3 is 0 Å². The predicted octanol–water partition coefficient (Wildman–Crippen LogP) is 0.896. The van der Waals surface area contributed by atoms with E-state index in [-0.39, 0.29) is 5.72 Å². The molecule has 1 aromatic rings. The summed E-state index contributed by atoms with van der Waals surface area (Å²) in [4.78, 5) is 8.10. The highest BCUT2D eigenvalue weighted by atomic mass is 16.5. The van der Waals surface area contributed by atoms with Crippen LogP contribution in [-0.4, -0.2) is 44.2 Å². The highest BCUT2D eigenvalue weighted by Crippen LogP contribution is 2.20. The molecule has 1 N–H and O–H groups in total. The normalized spacial score (nSPS) is 12.2. The van der Waals surface area contributed by atoms with E-state index in [2.05, 4.69) is 29.1 Å². The molecule has 0 saturated heterocycles. The second-order valence-corrected chi connectivity index (χ2v) is 4.12. The van der Waals surface area contributed by atoms with Crippen LogP contribution >= 0.6 is 0 Å². The van der Waals surface area contributed by atoms with Gasteiger partial charge in [0, 0.05) is 13.2 Å². The molecule has 0 amide bonds. The Labute approximate surface area is 110 Å². The molecule has 0 saturated carbocycles. The Bertz CT molecular complexity index is 363. The van der Waals surface area contributed by atoms with Crippen LogP contribution in [0.4, 0.5) is 5.82 Å². The summed E-state index contributed by atoms with van der Waals surface area (Å²) in [5.74, 6) is 1.24. The monoisotopic (exact) mass is 249 g/mol. The standard InChI is InChI=1S/C12H20BN3O2/c1-4-5-9(2)15-11-10(18-7-6-17-3)8-14-12(13)16-11/h8-9H,4-7H2,1-3H3,(H,14,15,16). The molecule has 0 aromatic carbocycles. The lowest BCUT2D eigenvalue weighted by molar-refractivity contribution is 0.146. The number of rotatable bonds is 8. The number of ether oxygens (including phenoxy) is 2. The Hall–Kier alpha value is -1.30. The number of nitrogens with one attached hydrogen (secondary N) is 1. The highest BCUT2D eigenvalue weighted by Gasteiger charge is 2.09. The Morgan fingerprint density at radius 1 is 1.44 bits per heavy atom. The molecule has 1 aromatic heterocycles. The molecule has 1 rings (SSSR count). The van der Waals surface area contributed by atoms with Gasteiger partial charge in [-0.25, -0.2) is 9.97 Å².